The molecule has 0 spiro atoms. The van der Waals surface area contributed by atoms with E-state index >= 15 is 0 Å². The van der Waals surface area contributed by atoms with E-state index in [1.807, 2.05) is 4.68 Å². The molecule has 0 bridgehead atoms. The number of hydrogen-bond donors (Lipinski definition) is 1. The molecule has 2 aromatic rings. The Morgan fingerprint density at radius 3 is 3.00 bits per heavy atom. The van der Waals surface area contributed by atoms with Gasteiger partial charge in [0.1, 0.15) is 0 Å². The lowest BCUT2D eigenvalue weighted by Gasteiger charge is -2.04. The van der Waals surface area contributed by atoms with E-state index in [1.54, 1.807) is 18.3 Å². The van der Waals surface area contributed by atoms with Crippen molar-refractivity contribution in [1.82, 2.24) is 15.1 Å². The number of nitro groups is 1. The van der Waals surface area contributed by atoms with Crippen LogP contribution in [-0.2, 0) is 6.54 Å². The molecule has 102 valence electrons. The van der Waals surface area contributed by atoms with Gasteiger partial charge in [0.25, 0.3) is 5.69 Å². The largest absolute Gasteiger partial charge is 0.317 e. The van der Waals surface area contributed by atoms with Gasteiger partial charge in [-0.3, -0.25) is 14.8 Å². The van der Waals surface area contributed by atoms with Gasteiger partial charge < -0.3 is 5.32 Å². The van der Waals surface area contributed by atoms with E-state index in [4.69, 9.17) is 0 Å². The van der Waals surface area contributed by atoms with Gasteiger partial charge in [-0.15, -0.1) is 0 Å². The summed E-state index contributed by atoms with van der Waals surface area (Å²) in [7, 11) is 0. The Morgan fingerprint density at radius 1 is 1.42 bits per heavy atom. The Hall–Kier alpha value is -1.95. The van der Waals surface area contributed by atoms with Gasteiger partial charge in [0.05, 0.1) is 16.6 Å². The first kappa shape index (κ1) is 13.5. The highest BCUT2D eigenvalue weighted by Gasteiger charge is 2.09. The van der Waals surface area contributed by atoms with Gasteiger partial charge in [-0.2, -0.15) is 5.10 Å². The number of rotatable bonds is 7. The van der Waals surface area contributed by atoms with Crippen molar-refractivity contribution in [2.45, 2.75) is 26.3 Å². The Balaban J connectivity index is 2.06. The highest BCUT2D eigenvalue weighted by atomic mass is 16.6. The lowest BCUT2D eigenvalue weighted by molar-refractivity contribution is -0.384. The summed E-state index contributed by atoms with van der Waals surface area (Å²) in [6, 6.07) is 4.84. The van der Waals surface area contributed by atoms with Crippen LogP contribution in [0.25, 0.3) is 10.9 Å². The van der Waals surface area contributed by atoms with Crippen molar-refractivity contribution in [2.24, 2.45) is 0 Å². The summed E-state index contributed by atoms with van der Waals surface area (Å²) in [5.74, 6) is 0. The molecule has 6 nitrogen and oxygen atoms in total. The van der Waals surface area contributed by atoms with Gasteiger partial charge in [0.2, 0.25) is 0 Å². The number of nitrogens with one attached hydrogen (secondary N) is 1. The molecule has 6 heteroatoms. The maximum atomic E-state index is 10.8. The van der Waals surface area contributed by atoms with Gasteiger partial charge in [0.15, 0.2) is 0 Å². The maximum absolute atomic E-state index is 10.8. The number of nitro benzene ring substituents is 1. The van der Waals surface area contributed by atoms with Gasteiger partial charge in [0, 0.05) is 24.1 Å². The quantitative estimate of drug-likeness (QED) is 0.472. The molecule has 1 aromatic heterocycles. The summed E-state index contributed by atoms with van der Waals surface area (Å²) in [4.78, 5) is 10.4. The van der Waals surface area contributed by atoms with E-state index in [0.29, 0.717) is 0 Å². The molecule has 19 heavy (non-hydrogen) atoms. The van der Waals surface area contributed by atoms with Crippen LogP contribution in [0.1, 0.15) is 19.8 Å². The van der Waals surface area contributed by atoms with Crippen molar-refractivity contribution in [2.75, 3.05) is 13.1 Å². The Labute approximate surface area is 111 Å². The third kappa shape index (κ3) is 3.29. The molecule has 0 atom stereocenters. The van der Waals surface area contributed by atoms with Gasteiger partial charge >= 0.3 is 0 Å². The van der Waals surface area contributed by atoms with Gasteiger partial charge in [-0.05, 0) is 32.0 Å². The third-order valence-corrected chi connectivity index (χ3v) is 2.99. The first-order valence-electron chi connectivity index (χ1n) is 6.53. The number of benzene rings is 1. The van der Waals surface area contributed by atoms with Crippen LogP contribution in [0.2, 0.25) is 0 Å². The fourth-order valence-corrected chi connectivity index (χ4v) is 2.01. The molecular formula is C13H18N4O2. The molecule has 0 aliphatic carbocycles. The van der Waals surface area contributed by atoms with Crippen LogP contribution in [-0.4, -0.2) is 27.8 Å². The molecule has 0 unspecified atom stereocenters. The van der Waals surface area contributed by atoms with E-state index in [-0.39, 0.29) is 10.6 Å². The summed E-state index contributed by atoms with van der Waals surface area (Å²) >= 11 is 0. The molecule has 0 aliphatic rings. The molecule has 1 heterocycles. The standard InChI is InChI=1S/C13H18N4O2/c1-2-6-14-7-3-8-16-13-9-12(17(18)19)5-4-11(13)10-15-16/h4-5,9-10,14H,2-3,6-8H2,1H3. The van der Waals surface area contributed by atoms with E-state index in [1.165, 1.54) is 6.07 Å². The number of aromatic nitrogens is 2. The van der Waals surface area contributed by atoms with Crippen LogP contribution < -0.4 is 5.32 Å². The minimum absolute atomic E-state index is 0.110. The molecule has 0 amide bonds. The second-order valence-corrected chi connectivity index (χ2v) is 4.47. The maximum Gasteiger partial charge on any atom is 0.271 e. The van der Waals surface area contributed by atoms with Crippen molar-refractivity contribution in [3.05, 3.63) is 34.5 Å². The van der Waals surface area contributed by atoms with Crippen LogP contribution in [0.4, 0.5) is 5.69 Å². The van der Waals surface area contributed by atoms with Crippen molar-refractivity contribution in [1.29, 1.82) is 0 Å². The Bertz CT molecular complexity index is 565. The second-order valence-electron chi connectivity index (χ2n) is 4.47. The Kier molecular flexibility index (Phi) is 4.46. The third-order valence-electron chi connectivity index (χ3n) is 2.99. The van der Waals surface area contributed by atoms with Crippen molar-refractivity contribution < 1.29 is 4.92 Å². The van der Waals surface area contributed by atoms with Crippen molar-refractivity contribution >= 4 is 16.6 Å². The summed E-state index contributed by atoms with van der Waals surface area (Å²) in [6.45, 7) is 4.85. The normalized spacial score (nSPS) is 11.0. The second kappa shape index (κ2) is 6.29. The first-order valence-corrected chi connectivity index (χ1v) is 6.53. The smallest absolute Gasteiger partial charge is 0.271 e. The molecule has 2 rings (SSSR count). The average molecular weight is 262 g/mol. The van der Waals surface area contributed by atoms with E-state index in [9.17, 15) is 10.1 Å². The number of fused-ring (bicyclic) bond motifs is 1. The predicted octanol–water partition coefficient (Wildman–Crippen LogP) is 2.33. The number of hydrogen-bond acceptors (Lipinski definition) is 4. The minimum atomic E-state index is -0.375. The molecule has 0 saturated carbocycles. The molecule has 0 fully saturated rings. The fourth-order valence-electron chi connectivity index (χ4n) is 2.01. The number of aryl methyl sites for hydroxylation is 1. The molecule has 0 radical (unpaired) electrons. The van der Waals surface area contributed by atoms with Crippen LogP contribution in [0, 0.1) is 10.1 Å². The number of nitrogens with zero attached hydrogens (tertiary/aromatic N) is 3. The molecular weight excluding hydrogens is 244 g/mol. The van der Waals surface area contributed by atoms with E-state index < -0.39 is 0 Å². The zero-order chi connectivity index (χ0) is 13.7. The summed E-state index contributed by atoms with van der Waals surface area (Å²) < 4.78 is 1.83. The van der Waals surface area contributed by atoms with Crippen molar-refractivity contribution in [3.8, 4) is 0 Å². The van der Waals surface area contributed by atoms with Gasteiger partial charge in [-0.1, -0.05) is 6.92 Å². The van der Waals surface area contributed by atoms with Crippen LogP contribution in [0.15, 0.2) is 24.4 Å². The Morgan fingerprint density at radius 2 is 2.26 bits per heavy atom. The predicted molar refractivity (Wildman–Crippen MR) is 74.2 cm³/mol. The average Bonchev–Trinajstić information content (AvgIpc) is 2.81. The van der Waals surface area contributed by atoms with E-state index in [2.05, 4.69) is 17.3 Å². The first-order chi connectivity index (χ1) is 9.22. The number of non-ortho nitro benzene ring substituents is 1. The highest BCUT2D eigenvalue weighted by Crippen LogP contribution is 2.20. The monoisotopic (exact) mass is 262 g/mol. The molecule has 0 saturated heterocycles. The molecule has 1 aromatic carbocycles. The fraction of sp³-hybridized carbons (Fsp3) is 0.462. The van der Waals surface area contributed by atoms with Crippen LogP contribution in [0.5, 0.6) is 0 Å². The summed E-state index contributed by atoms with van der Waals surface area (Å²) in [5.41, 5.74) is 0.933. The lowest BCUT2D eigenvalue weighted by atomic mass is 10.2. The zero-order valence-corrected chi connectivity index (χ0v) is 11.0. The van der Waals surface area contributed by atoms with E-state index in [0.717, 1.165) is 43.4 Å². The van der Waals surface area contributed by atoms with Crippen LogP contribution >= 0.6 is 0 Å². The highest BCUT2D eigenvalue weighted by molar-refractivity contribution is 5.80. The zero-order valence-electron chi connectivity index (χ0n) is 11.0. The summed E-state index contributed by atoms with van der Waals surface area (Å²) in [5, 5.41) is 19.3. The molecule has 0 aliphatic heterocycles. The van der Waals surface area contributed by atoms with Crippen LogP contribution in [0.3, 0.4) is 0 Å². The minimum Gasteiger partial charge on any atom is -0.317 e. The summed E-state index contributed by atoms with van der Waals surface area (Å²) in [6.07, 6.45) is 3.83. The molecule has 1 N–H and O–H groups in total. The lowest BCUT2D eigenvalue weighted by Crippen LogP contribution is -2.17. The van der Waals surface area contributed by atoms with Crippen molar-refractivity contribution in [3.63, 3.8) is 0 Å². The SMILES string of the molecule is CCCNCCCn1ncc2ccc([N+](=O)[O-])cc21. The van der Waals surface area contributed by atoms with Gasteiger partial charge in [-0.25, -0.2) is 0 Å². The topological polar surface area (TPSA) is 73.0 Å².